The Balaban J connectivity index is 2.98. The van der Waals surface area contributed by atoms with Crippen LogP contribution in [-0.2, 0) is 20.9 Å². The number of nitrogens with one attached hydrogen (secondary N) is 1. The highest BCUT2D eigenvalue weighted by atomic mass is 32.2. The fourth-order valence-corrected chi connectivity index (χ4v) is 3.92. The van der Waals surface area contributed by atoms with Crippen molar-refractivity contribution in [1.82, 2.24) is 10.2 Å². The van der Waals surface area contributed by atoms with Gasteiger partial charge in [0.2, 0.25) is 0 Å². The van der Waals surface area contributed by atoms with E-state index in [0.29, 0.717) is 37.7 Å². The molecule has 188 valence electrons. The van der Waals surface area contributed by atoms with Crippen LogP contribution in [0.2, 0.25) is 0 Å². The first-order chi connectivity index (χ1) is 15.7. The molecular formula is C24H42N4O3S2. The van der Waals surface area contributed by atoms with Gasteiger partial charge in [-0.2, -0.15) is 24.4 Å². The highest BCUT2D eigenvalue weighted by Crippen LogP contribution is 2.16. The maximum Gasteiger partial charge on any atom is 0.330 e. The molecule has 0 aromatic heterocycles. The highest BCUT2D eigenvalue weighted by Gasteiger charge is 2.30. The van der Waals surface area contributed by atoms with Crippen molar-refractivity contribution in [2.24, 2.45) is 17.4 Å². The van der Waals surface area contributed by atoms with E-state index >= 15 is 0 Å². The molecule has 9 heteroatoms. The number of thioether (sulfide) groups is 1. The fraction of sp³-hybridized carbons (Fsp3) is 0.667. The van der Waals surface area contributed by atoms with E-state index in [0.717, 1.165) is 17.7 Å². The highest BCUT2D eigenvalue weighted by molar-refractivity contribution is 7.98. The molecular weight excluding hydrogens is 456 g/mol. The van der Waals surface area contributed by atoms with Crippen molar-refractivity contribution in [2.45, 2.75) is 64.3 Å². The van der Waals surface area contributed by atoms with Gasteiger partial charge in [-0.05, 0) is 36.8 Å². The summed E-state index contributed by atoms with van der Waals surface area (Å²) in [5.41, 5.74) is 13.0. The second-order valence-corrected chi connectivity index (χ2v) is 9.91. The predicted molar refractivity (Wildman–Crippen MR) is 141 cm³/mol. The molecule has 0 aliphatic carbocycles. The topological polar surface area (TPSA) is 111 Å². The number of carbonyl (C=O) groups is 2. The number of rotatable bonds is 16. The van der Waals surface area contributed by atoms with E-state index in [2.05, 4.69) is 36.7 Å². The van der Waals surface area contributed by atoms with E-state index < -0.39 is 24.0 Å². The van der Waals surface area contributed by atoms with Crippen molar-refractivity contribution >= 4 is 36.3 Å². The summed E-state index contributed by atoms with van der Waals surface area (Å²) in [5, 5.41) is 3.56. The lowest BCUT2D eigenvalue weighted by atomic mass is 9.97. The van der Waals surface area contributed by atoms with Crippen molar-refractivity contribution in [3.05, 3.63) is 35.9 Å². The third-order valence-corrected chi connectivity index (χ3v) is 7.01. The number of hydrogen-bond donors (Lipinski definition) is 4. The number of nitrogens with zero attached hydrogens (tertiary/aromatic N) is 1. The van der Waals surface area contributed by atoms with Crippen molar-refractivity contribution in [1.29, 1.82) is 0 Å². The molecule has 1 rings (SSSR count). The Kier molecular flexibility index (Phi) is 15.0. The molecule has 0 saturated carbocycles. The fourth-order valence-electron chi connectivity index (χ4n) is 3.30. The van der Waals surface area contributed by atoms with Crippen LogP contribution in [0, 0.1) is 5.92 Å². The summed E-state index contributed by atoms with van der Waals surface area (Å²) in [6.07, 6.45) is 3.40. The lowest BCUT2D eigenvalue weighted by Gasteiger charge is -2.34. The van der Waals surface area contributed by atoms with Gasteiger partial charge in [0, 0.05) is 37.5 Å². The zero-order chi connectivity index (χ0) is 24.8. The summed E-state index contributed by atoms with van der Waals surface area (Å²) in [6.45, 7) is 7.90. The largest absolute Gasteiger partial charge is 0.391 e. The van der Waals surface area contributed by atoms with Crippen LogP contribution in [0.5, 0.6) is 0 Å². The molecule has 0 spiro atoms. The molecule has 1 aromatic rings. The SMILES string of the molecule is CCC(C)C(CN(Cc1ccccc1)[C@H](C)C(=O)OC(=O)[C@@H](N)CCSC)NC[C@H](N)CS. The molecule has 0 bridgehead atoms. The second kappa shape index (κ2) is 16.5. The molecule has 2 unspecified atom stereocenters. The Morgan fingerprint density at radius 2 is 1.85 bits per heavy atom. The van der Waals surface area contributed by atoms with Gasteiger partial charge in [-0.15, -0.1) is 0 Å². The van der Waals surface area contributed by atoms with Gasteiger partial charge in [-0.1, -0.05) is 50.6 Å². The maximum absolute atomic E-state index is 12.9. The van der Waals surface area contributed by atoms with Gasteiger partial charge in [-0.3, -0.25) is 4.90 Å². The van der Waals surface area contributed by atoms with Gasteiger partial charge in [0.25, 0.3) is 0 Å². The Bertz CT molecular complexity index is 696. The first-order valence-corrected chi connectivity index (χ1v) is 13.6. The average molecular weight is 499 g/mol. The molecule has 0 saturated heterocycles. The van der Waals surface area contributed by atoms with Crippen LogP contribution in [-0.4, -0.2) is 71.9 Å². The number of thiol groups is 1. The lowest BCUT2D eigenvalue weighted by molar-refractivity contribution is -0.164. The van der Waals surface area contributed by atoms with Gasteiger partial charge < -0.3 is 21.5 Å². The van der Waals surface area contributed by atoms with Gasteiger partial charge in [-0.25, -0.2) is 9.59 Å². The average Bonchev–Trinajstić information content (AvgIpc) is 2.83. The van der Waals surface area contributed by atoms with Crippen LogP contribution in [0.3, 0.4) is 0 Å². The minimum Gasteiger partial charge on any atom is -0.391 e. The van der Waals surface area contributed by atoms with E-state index in [-0.39, 0.29) is 12.1 Å². The number of benzene rings is 1. The van der Waals surface area contributed by atoms with Crippen LogP contribution in [0.25, 0.3) is 0 Å². The van der Waals surface area contributed by atoms with Crippen molar-refractivity contribution in [2.75, 3.05) is 30.9 Å². The van der Waals surface area contributed by atoms with E-state index in [9.17, 15) is 9.59 Å². The van der Waals surface area contributed by atoms with Crippen LogP contribution in [0.15, 0.2) is 30.3 Å². The molecule has 0 fully saturated rings. The molecule has 0 aliphatic rings. The van der Waals surface area contributed by atoms with Crippen LogP contribution >= 0.6 is 24.4 Å². The van der Waals surface area contributed by atoms with Crippen molar-refractivity contribution in [3.8, 4) is 0 Å². The second-order valence-electron chi connectivity index (χ2n) is 8.56. The van der Waals surface area contributed by atoms with Gasteiger partial charge >= 0.3 is 11.9 Å². The Morgan fingerprint density at radius 1 is 1.18 bits per heavy atom. The normalized spacial score (nSPS) is 16.1. The number of esters is 2. The number of nitrogens with two attached hydrogens (primary N) is 2. The van der Waals surface area contributed by atoms with Gasteiger partial charge in [0.1, 0.15) is 12.1 Å². The maximum atomic E-state index is 12.9. The van der Waals surface area contributed by atoms with Crippen LogP contribution < -0.4 is 16.8 Å². The van der Waals surface area contributed by atoms with Gasteiger partial charge in [0.05, 0.1) is 0 Å². The summed E-state index contributed by atoms with van der Waals surface area (Å²) in [4.78, 5) is 27.3. The van der Waals surface area contributed by atoms with E-state index in [4.69, 9.17) is 16.2 Å². The molecule has 0 aliphatic heterocycles. The molecule has 5 atom stereocenters. The summed E-state index contributed by atoms with van der Waals surface area (Å²) in [7, 11) is 0. The van der Waals surface area contributed by atoms with Crippen molar-refractivity contribution < 1.29 is 14.3 Å². The van der Waals surface area contributed by atoms with Crippen molar-refractivity contribution in [3.63, 3.8) is 0 Å². The summed E-state index contributed by atoms with van der Waals surface area (Å²) in [5.74, 6) is 0.439. The summed E-state index contributed by atoms with van der Waals surface area (Å²) >= 11 is 5.87. The Labute approximate surface area is 209 Å². The molecule has 0 heterocycles. The number of hydrogen-bond acceptors (Lipinski definition) is 9. The zero-order valence-corrected chi connectivity index (χ0v) is 22.1. The molecule has 0 amide bonds. The molecule has 7 nitrogen and oxygen atoms in total. The quantitative estimate of drug-likeness (QED) is 0.156. The minimum absolute atomic E-state index is 0.0507. The van der Waals surface area contributed by atoms with Crippen LogP contribution in [0.4, 0.5) is 0 Å². The summed E-state index contributed by atoms with van der Waals surface area (Å²) < 4.78 is 5.17. The monoisotopic (exact) mass is 498 g/mol. The molecule has 1 aromatic carbocycles. The van der Waals surface area contributed by atoms with Crippen LogP contribution in [0.1, 0.15) is 39.2 Å². The van der Waals surface area contributed by atoms with E-state index in [1.807, 2.05) is 36.6 Å². The number of ether oxygens (including phenoxy) is 1. The third-order valence-electron chi connectivity index (χ3n) is 5.89. The number of carbonyl (C=O) groups excluding carboxylic acids is 2. The molecule has 33 heavy (non-hydrogen) atoms. The van der Waals surface area contributed by atoms with Gasteiger partial charge in [0.15, 0.2) is 0 Å². The van der Waals surface area contributed by atoms with E-state index in [1.165, 1.54) is 0 Å². The minimum atomic E-state index is -0.798. The Hall–Kier alpha value is -1.10. The lowest BCUT2D eigenvalue weighted by Crippen LogP contribution is -2.52. The third kappa shape index (κ3) is 11.2. The first-order valence-electron chi connectivity index (χ1n) is 11.6. The molecule has 5 N–H and O–H groups in total. The standard InChI is InChI=1S/C24H42N4O3S2/c1-5-17(2)22(27-13-20(25)16-32)15-28(14-19-9-7-6-8-10-19)18(3)23(29)31-24(30)21(26)11-12-33-4/h6-10,17-18,20-22,27,32H,5,11-16,25-26H2,1-4H3/t17?,18-,20+,21+,22?/m1/s1. The molecule has 0 radical (unpaired) electrons. The Morgan fingerprint density at radius 3 is 2.42 bits per heavy atom. The predicted octanol–water partition coefficient (Wildman–Crippen LogP) is 2.29. The van der Waals surface area contributed by atoms with E-state index in [1.54, 1.807) is 18.7 Å². The first kappa shape index (κ1) is 29.9. The smallest absolute Gasteiger partial charge is 0.330 e. The summed E-state index contributed by atoms with van der Waals surface area (Å²) in [6, 6.07) is 8.60. The zero-order valence-electron chi connectivity index (χ0n) is 20.4.